The first-order valence-electron chi connectivity index (χ1n) is 4.58. The zero-order valence-electron chi connectivity index (χ0n) is 8.88. The molecule has 0 radical (unpaired) electrons. The van der Waals surface area contributed by atoms with Crippen LogP contribution in [0.15, 0.2) is 0 Å². The molecule has 0 spiro atoms. The number of nitrogens with one attached hydrogen (secondary N) is 1. The Bertz CT molecular complexity index is 254. The van der Waals surface area contributed by atoms with Crippen LogP contribution in [0.4, 0.5) is 8.78 Å². The number of alkyl halides is 2. The van der Waals surface area contributed by atoms with Crippen molar-refractivity contribution in [1.29, 1.82) is 0 Å². The van der Waals surface area contributed by atoms with Gasteiger partial charge in [0.05, 0.1) is 0 Å². The van der Waals surface area contributed by atoms with Crippen LogP contribution in [0.3, 0.4) is 0 Å². The quantitative estimate of drug-likeness (QED) is 0.737. The molecule has 0 aliphatic rings. The normalized spacial score (nSPS) is 13.7. The Morgan fingerprint density at radius 2 is 1.80 bits per heavy atom. The molecule has 0 rings (SSSR count). The first-order valence-corrected chi connectivity index (χ1v) is 4.58. The highest BCUT2D eigenvalue weighted by Crippen LogP contribution is 2.23. The summed E-state index contributed by atoms with van der Waals surface area (Å²) in [6, 6.07) is -1.31. The predicted molar refractivity (Wildman–Crippen MR) is 49.6 cm³/mol. The van der Waals surface area contributed by atoms with E-state index in [9.17, 15) is 18.4 Å². The zero-order chi connectivity index (χ0) is 12.2. The van der Waals surface area contributed by atoms with Crippen molar-refractivity contribution in [3.8, 4) is 0 Å². The Balaban J connectivity index is 4.37. The maximum atomic E-state index is 13.1. The monoisotopic (exact) mass is 223 g/mol. The van der Waals surface area contributed by atoms with Crippen molar-refractivity contribution in [3.05, 3.63) is 0 Å². The van der Waals surface area contributed by atoms with Gasteiger partial charge in [0.1, 0.15) is 6.04 Å². The minimum atomic E-state index is -3.52. The van der Waals surface area contributed by atoms with Crippen molar-refractivity contribution in [2.45, 2.75) is 39.2 Å². The van der Waals surface area contributed by atoms with Crippen molar-refractivity contribution < 1.29 is 23.5 Å². The summed E-state index contributed by atoms with van der Waals surface area (Å²) in [6.45, 7) is 4.25. The average Bonchev–Trinajstić information content (AvgIpc) is 2.01. The fourth-order valence-electron chi connectivity index (χ4n) is 0.969. The summed E-state index contributed by atoms with van der Waals surface area (Å²) in [5, 5.41) is 10.2. The summed E-state index contributed by atoms with van der Waals surface area (Å²) in [7, 11) is 0. The maximum Gasteiger partial charge on any atom is 0.325 e. The number of hydrogen-bond acceptors (Lipinski definition) is 2. The van der Waals surface area contributed by atoms with Crippen molar-refractivity contribution in [3.63, 3.8) is 0 Å². The van der Waals surface area contributed by atoms with Crippen LogP contribution in [0.25, 0.3) is 0 Å². The second kappa shape index (κ2) is 5.04. The SMILES string of the molecule is CC(C)CC(F)(F)C(=O)NC(C)C(=O)O. The minimum Gasteiger partial charge on any atom is -0.480 e. The molecule has 0 aliphatic heterocycles. The number of carbonyl (C=O) groups is 2. The van der Waals surface area contributed by atoms with Crippen LogP contribution in [0, 0.1) is 5.92 Å². The van der Waals surface area contributed by atoms with Gasteiger partial charge in [-0.2, -0.15) is 8.78 Å². The third-order valence-corrected chi connectivity index (χ3v) is 1.71. The number of aliphatic carboxylic acids is 1. The molecule has 4 nitrogen and oxygen atoms in total. The molecule has 88 valence electrons. The fraction of sp³-hybridized carbons (Fsp3) is 0.778. The molecule has 0 aliphatic carbocycles. The standard InChI is InChI=1S/C9H15F2NO3/c1-5(2)4-9(10,11)8(15)12-6(3)7(13)14/h5-6H,4H2,1-3H3,(H,12,15)(H,13,14). The number of hydrogen-bond donors (Lipinski definition) is 2. The van der Waals surface area contributed by atoms with Crippen LogP contribution in [-0.4, -0.2) is 28.9 Å². The van der Waals surface area contributed by atoms with Crippen molar-refractivity contribution in [2.75, 3.05) is 0 Å². The lowest BCUT2D eigenvalue weighted by Crippen LogP contribution is -2.47. The molecule has 15 heavy (non-hydrogen) atoms. The summed E-state index contributed by atoms with van der Waals surface area (Å²) in [5.74, 6) is -6.74. The van der Waals surface area contributed by atoms with Gasteiger partial charge in [0.2, 0.25) is 0 Å². The van der Waals surface area contributed by atoms with E-state index in [2.05, 4.69) is 0 Å². The van der Waals surface area contributed by atoms with E-state index >= 15 is 0 Å². The molecule has 2 N–H and O–H groups in total. The van der Waals surface area contributed by atoms with Crippen molar-refractivity contribution in [1.82, 2.24) is 5.32 Å². The molecule has 0 heterocycles. The number of carbonyl (C=O) groups excluding carboxylic acids is 1. The van der Waals surface area contributed by atoms with Gasteiger partial charge >= 0.3 is 11.9 Å². The fourth-order valence-corrected chi connectivity index (χ4v) is 0.969. The summed E-state index contributed by atoms with van der Waals surface area (Å²) >= 11 is 0. The van der Waals surface area contributed by atoms with Crippen LogP contribution in [0.5, 0.6) is 0 Å². The maximum absolute atomic E-state index is 13.1. The largest absolute Gasteiger partial charge is 0.480 e. The molecular weight excluding hydrogens is 208 g/mol. The molecule has 1 unspecified atom stereocenters. The smallest absolute Gasteiger partial charge is 0.325 e. The molecule has 0 aromatic rings. The predicted octanol–water partition coefficient (Wildman–Crippen LogP) is 1.26. The van der Waals surface area contributed by atoms with E-state index in [1.165, 1.54) is 0 Å². The van der Waals surface area contributed by atoms with E-state index in [0.29, 0.717) is 0 Å². The molecule has 0 aromatic heterocycles. The molecule has 0 saturated carbocycles. The lowest BCUT2D eigenvalue weighted by atomic mass is 10.0. The zero-order valence-corrected chi connectivity index (χ0v) is 8.88. The third kappa shape index (κ3) is 4.71. The van der Waals surface area contributed by atoms with Crippen LogP contribution in [0.2, 0.25) is 0 Å². The van der Waals surface area contributed by atoms with Gasteiger partial charge in [-0.3, -0.25) is 9.59 Å². The molecular formula is C9H15F2NO3. The Morgan fingerprint density at radius 3 is 2.13 bits per heavy atom. The van der Waals surface area contributed by atoms with E-state index in [1.54, 1.807) is 19.2 Å². The number of halogens is 2. The van der Waals surface area contributed by atoms with Crippen molar-refractivity contribution >= 4 is 11.9 Å². The van der Waals surface area contributed by atoms with Gasteiger partial charge in [0.25, 0.3) is 5.91 Å². The van der Waals surface area contributed by atoms with Gasteiger partial charge in [-0.1, -0.05) is 13.8 Å². The van der Waals surface area contributed by atoms with Gasteiger partial charge in [-0.25, -0.2) is 0 Å². The lowest BCUT2D eigenvalue weighted by Gasteiger charge is -2.19. The number of rotatable bonds is 5. The van der Waals surface area contributed by atoms with E-state index in [1.807, 2.05) is 0 Å². The second-order valence-corrected chi connectivity index (χ2v) is 3.84. The number of carboxylic acids is 1. The average molecular weight is 223 g/mol. The van der Waals surface area contributed by atoms with Gasteiger partial charge < -0.3 is 10.4 Å². The lowest BCUT2D eigenvalue weighted by molar-refractivity contribution is -0.152. The van der Waals surface area contributed by atoms with Crippen LogP contribution >= 0.6 is 0 Å². The highest BCUT2D eigenvalue weighted by Gasteiger charge is 2.40. The van der Waals surface area contributed by atoms with Crippen LogP contribution < -0.4 is 5.32 Å². The van der Waals surface area contributed by atoms with E-state index in [4.69, 9.17) is 5.11 Å². The van der Waals surface area contributed by atoms with E-state index < -0.39 is 30.3 Å². The third-order valence-electron chi connectivity index (χ3n) is 1.71. The number of amides is 1. The topological polar surface area (TPSA) is 66.4 Å². The van der Waals surface area contributed by atoms with Crippen LogP contribution in [0.1, 0.15) is 27.2 Å². The molecule has 0 aromatic carbocycles. The summed E-state index contributed by atoms with van der Waals surface area (Å²) in [5.41, 5.74) is 0. The molecule has 6 heteroatoms. The Kier molecular flexibility index (Phi) is 4.64. The summed E-state index contributed by atoms with van der Waals surface area (Å²) in [4.78, 5) is 21.3. The summed E-state index contributed by atoms with van der Waals surface area (Å²) in [6.07, 6.45) is -0.592. The number of carboxylic acid groups (broad SMARTS) is 1. The Hall–Kier alpha value is -1.20. The highest BCUT2D eigenvalue weighted by molar-refractivity contribution is 5.87. The molecule has 1 atom stereocenters. The van der Waals surface area contributed by atoms with Gasteiger partial charge in [-0.05, 0) is 12.8 Å². The van der Waals surface area contributed by atoms with Gasteiger partial charge in [0, 0.05) is 6.42 Å². The Labute approximate surface area is 86.7 Å². The van der Waals surface area contributed by atoms with E-state index in [0.717, 1.165) is 6.92 Å². The first kappa shape index (κ1) is 13.8. The first-order chi connectivity index (χ1) is 6.66. The minimum absolute atomic E-state index is 0.342. The van der Waals surface area contributed by atoms with Gasteiger partial charge in [0.15, 0.2) is 0 Å². The molecule has 1 amide bonds. The molecule has 0 saturated heterocycles. The summed E-state index contributed by atoms with van der Waals surface area (Å²) < 4.78 is 26.2. The van der Waals surface area contributed by atoms with E-state index in [-0.39, 0.29) is 5.92 Å². The Morgan fingerprint density at radius 1 is 1.33 bits per heavy atom. The highest BCUT2D eigenvalue weighted by atomic mass is 19.3. The molecule has 0 bridgehead atoms. The van der Waals surface area contributed by atoms with Crippen LogP contribution in [-0.2, 0) is 9.59 Å². The molecule has 0 fully saturated rings. The van der Waals surface area contributed by atoms with Gasteiger partial charge in [-0.15, -0.1) is 0 Å². The second-order valence-electron chi connectivity index (χ2n) is 3.84. The van der Waals surface area contributed by atoms with Crippen molar-refractivity contribution in [2.24, 2.45) is 5.92 Å².